The molecule has 14 heavy (non-hydrogen) atoms. The average Bonchev–Trinajstić information content (AvgIpc) is 2.09. The summed E-state index contributed by atoms with van der Waals surface area (Å²) >= 11 is 5.67. The van der Waals surface area contributed by atoms with E-state index in [4.69, 9.17) is 17.5 Å². The molecule has 4 heteroatoms. The summed E-state index contributed by atoms with van der Waals surface area (Å²) in [5.41, 5.74) is 0.626. The van der Waals surface area contributed by atoms with Gasteiger partial charge in [-0.05, 0) is 17.7 Å². The second-order valence-electron chi connectivity index (χ2n) is 3.82. The Hall–Kier alpha value is -0.640. The van der Waals surface area contributed by atoms with Crippen LogP contribution in [0.1, 0.15) is 19.4 Å². The van der Waals surface area contributed by atoms with Crippen molar-refractivity contribution in [3.05, 3.63) is 34.6 Å². The molecule has 1 aromatic carbocycles. The SMILES string of the molecule is CC(C)(CON)c1ccc(F)c(Cl)c1. The maximum Gasteiger partial charge on any atom is 0.141 e. The number of halogens is 2. The van der Waals surface area contributed by atoms with E-state index < -0.39 is 5.82 Å². The normalized spacial score (nSPS) is 11.8. The third kappa shape index (κ3) is 2.44. The van der Waals surface area contributed by atoms with Gasteiger partial charge < -0.3 is 4.84 Å². The molecule has 0 heterocycles. The van der Waals surface area contributed by atoms with Crippen LogP contribution < -0.4 is 5.90 Å². The van der Waals surface area contributed by atoms with Gasteiger partial charge in [0, 0.05) is 5.41 Å². The fourth-order valence-electron chi connectivity index (χ4n) is 1.21. The lowest BCUT2D eigenvalue weighted by atomic mass is 9.86. The number of benzene rings is 1. The van der Waals surface area contributed by atoms with Gasteiger partial charge in [-0.15, -0.1) is 0 Å². The van der Waals surface area contributed by atoms with E-state index in [-0.39, 0.29) is 10.4 Å². The summed E-state index contributed by atoms with van der Waals surface area (Å²) in [7, 11) is 0. The highest BCUT2D eigenvalue weighted by molar-refractivity contribution is 6.30. The van der Waals surface area contributed by atoms with Crippen LogP contribution in [0.3, 0.4) is 0 Å². The van der Waals surface area contributed by atoms with Crippen LogP contribution in [0.2, 0.25) is 5.02 Å². The minimum atomic E-state index is -0.417. The lowest BCUT2D eigenvalue weighted by Crippen LogP contribution is -2.26. The van der Waals surface area contributed by atoms with Crippen molar-refractivity contribution in [2.24, 2.45) is 5.90 Å². The smallest absolute Gasteiger partial charge is 0.141 e. The van der Waals surface area contributed by atoms with Crippen molar-refractivity contribution in [1.82, 2.24) is 0 Å². The molecule has 0 radical (unpaired) electrons. The Morgan fingerprint density at radius 3 is 2.64 bits per heavy atom. The largest absolute Gasteiger partial charge is 0.304 e. The minimum absolute atomic E-state index is 0.118. The van der Waals surface area contributed by atoms with Gasteiger partial charge in [-0.2, -0.15) is 0 Å². The van der Waals surface area contributed by atoms with E-state index in [1.165, 1.54) is 6.07 Å². The van der Waals surface area contributed by atoms with Crippen LogP contribution in [0.25, 0.3) is 0 Å². The summed E-state index contributed by atoms with van der Waals surface area (Å²) < 4.78 is 12.9. The standard InChI is InChI=1S/C10H13ClFNO/c1-10(2,6-14-13)7-3-4-9(12)8(11)5-7/h3-5H,6,13H2,1-2H3. The number of hydrogen-bond donors (Lipinski definition) is 1. The second-order valence-corrected chi connectivity index (χ2v) is 4.23. The van der Waals surface area contributed by atoms with Gasteiger partial charge in [-0.1, -0.05) is 31.5 Å². The highest BCUT2D eigenvalue weighted by Gasteiger charge is 2.21. The molecule has 2 N–H and O–H groups in total. The summed E-state index contributed by atoms with van der Waals surface area (Å²) in [5, 5.41) is 0.118. The van der Waals surface area contributed by atoms with Gasteiger partial charge in [-0.25, -0.2) is 10.3 Å². The fraction of sp³-hybridized carbons (Fsp3) is 0.400. The summed E-state index contributed by atoms with van der Waals surface area (Å²) in [5.74, 6) is 4.60. The Balaban J connectivity index is 3.01. The molecular formula is C10H13ClFNO. The zero-order valence-corrected chi connectivity index (χ0v) is 8.94. The van der Waals surface area contributed by atoms with Crippen LogP contribution in [-0.2, 0) is 10.3 Å². The Morgan fingerprint density at radius 2 is 2.14 bits per heavy atom. The van der Waals surface area contributed by atoms with Crippen LogP contribution >= 0.6 is 11.6 Å². The molecule has 0 bridgehead atoms. The highest BCUT2D eigenvalue weighted by Crippen LogP contribution is 2.26. The van der Waals surface area contributed by atoms with Gasteiger partial charge >= 0.3 is 0 Å². The predicted octanol–water partition coefficient (Wildman–Crippen LogP) is 2.65. The van der Waals surface area contributed by atoms with Crippen LogP contribution in [0.5, 0.6) is 0 Å². The molecule has 0 aliphatic carbocycles. The summed E-state index contributed by atoms with van der Waals surface area (Å²) in [4.78, 5) is 4.59. The van der Waals surface area contributed by atoms with E-state index in [1.807, 2.05) is 13.8 Å². The maximum absolute atomic E-state index is 12.9. The van der Waals surface area contributed by atoms with E-state index in [2.05, 4.69) is 4.84 Å². The molecule has 0 aliphatic heterocycles. The molecule has 2 nitrogen and oxygen atoms in total. The van der Waals surface area contributed by atoms with Crippen molar-refractivity contribution in [1.29, 1.82) is 0 Å². The molecule has 1 aromatic rings. The molecule has 0 unspecified atom stereocenters. The van der Waals surface area contributed by atoms with Crippen molar-refractivity contribution in [3.8, 4) is 0 Å². The highest BCUT2D eigenvalue weighted by atomic mass is 35.5. The van der Waals surface area contributed by atoms with E-state index in [0.29, 0.717) is 6.61 Å². The fourth-order valence-corrected chi connectivity index (χ4v) is 1.39. The van der Waals surface area contributed by atoms with Crippen molar-refractivity contribution < 1.29 is 9.23 Å². The van der Waals surface area contributed by atoms with Gasteiger partial charge in [0.05, 0.1) is 11.6 Å². The first-order valence-corrected chi connectivity index (χ1v) is 4.62. The molecular weight excluding hydrogens is 205 g/mol. The Labute approximate surface area is 87.8 Å². The first-order valence-electron chi connectivity index (χ1n) is 4.24. The molecule has 0 aromatic heterocycles. The Kier molecular flexibility index (Phi) is 3.48. The molecule has 0 saturated heterocycles. The summed E-state index contributed by atoms with van der Waals surface area (Å²) in [6.45, 7) is 4.25. The monoisotopic (exact) mass is 217 g/mol. The van der Waals surface area contributed by atoms with E-state index >= 15 is 0 Å². The van der Waals surface area contributed by atoms with Gasteiger partial charge in [-0.3, -0.25) is 0 Å². The van der Waals surface area contributed by atoms with Gasteiger partial charge in [0.2, 0.25) is 0 Å². The van der Waals surface area contributed by atoms with Gasteiger partial charge in [0.1, 0.15) is 5.82 Å². The summed E-state index contributed by atoms with van der Waals surface area (Å²) in [6, 6.07) is 4.62. The third-order valence-electron chi connectivity index (χ3n) is 2.15. The molecule has 78 valence electrons. The molecule has 0 aliphatic rings. The first kappa shape index (κ1) is 11.4. The van der Waals surface area contributed by atoms with Crippen molar-refractivity contribution >= 4 is 11.6 Å². The molecule has 0 amide bonds. The van der Waals surface area contributed by atoms with Crippen molar-refractivity contribution in [3.63, 3.8) is 0 Å². The number of nitrogens with two attached hydrogens (primary N) is 1. The number of rotatable bonds is 3. The third-order valence-corrected chi connectivity index (χ3v) is 2.43. The Bertz CT molecular complexity index is 328. The predicted molar refractivity (Wildman–Crippen MR) is 54.6 cm³/mol. The van der Waals surface area contributed by atoms with Crippen LogP contribution in [0.15, 0.2) is 18.2 Å². The quantitative estimate of drug-likeness (QED) is 0.790. The Morgan fingerprint density at radius 1 is 1.50 bits per heavy atom. The molecule has 0 fully saturated rings. The zero-order chi connectivity index (χ0) is 10.8. The minimum Gasteiger partial charge on any atom is -0.304 e. The lowest BCUT2D eigenvalue weighted by molar-refractivity contribution is 0.0964. The van der Waals surface area contributed by atoms with Crippen molar-refractivity contribution in [2.45, 2.75) is 19.3 Å². The van der Waals surface area contributed by atoms with Gasteiger partial charge in [0.15, 0.2) is 0 Å². The average molecular weight is 218 g/mol. The summed E-state index contributed by atoms with van der Waals surface area (Å²) in [6.07, 6.45) is 0. The topological polar surface area (TPSA) is 35.2 Å². The second kappa shape index (κ2) is 4.26. The molecule has 0 saturated carbocycles. The van der Waals surface area contributed by atoms with E-state index in [1.54, 1.807) is 12.1 Å². The van der Waals surface area contributed by atoms with E-state index in [9.17, 15) is 4.39 Å². The zero-order valence-electron chi connectivity index (χ0n) is 8.18. The van der Waals surface area contributed by atoms with E-state index in [0.717, 1.165) is 5.56 Å². The van der Waals surface area contributed by atoms with Crippen molar-refractivity contribution in [2.75, 3.05) is 6.61 Å². The lowest BCUT2D eigenvalue weighted by Gasteiger charge is -2.23. The molecule has 0 spiro atoms. The maximum atomic E-state index is 12.9. The van der Waals surface area contributed by atoms with Crippen LogP contribution in [-0.4, -0.2) is 6.61 Å². The van der Waals surface area contributed by atoms with Crippen LogP contribution in [0, 0.1) is 5.82 Å². The molecule has 1 rings (SSSR count). The number of hydrogen-bond acceptors (Lipinski definition) is 2. The van der Waals surface area contributed by atoms with Crippen LogP contribution in [0.4, 0.5) is 4.39 Å². The van der Waals surface area contributed by atoms with Gasteiger partial charge in [0.25, 0.3) is 0 Å². The first-order chi connectivity index (χ1) is 6.47. The molecule has 0 atom stereocenters.